The lowest BCUT2D eigenvalue weighted by atomic mass is 10.3. The van der Waals surface area contributed by atoms with E-state index in [1.165, 1.54) is 11.3 Å². The van der Waals surface area contributed by atoms with Gasteiger partial charge < -0.3 is 14.7 Å². The molecule has 0 spiro atoms. The summed E-state index contributed by atoms with van der Waals surface area (Å²) in [6.07, 6.45) is 0. The normalized spacial score (nSPS) is 17.0. The molecule has 100 valence electrons. The van der Waals surface area contributed by atoms with Gasteiger partial charge in [0.15, 0.2) is 5.13 Å². The molecule has 0 N–H and O–H groups in total. The summed E-state index contributed by atoms with van der Waals surface area (Å²) in [5, 5.41) is 0.978. The zero-order valence-corrected chi connectivity index (χ0v) is 12.3. The molecule has 2 heterocycles. The van der Waals surface area contributed by atoms with Gasteiger partial charge in [0.05, 0.1) is 5.69 Å². The Labute approximate surface area is 112 Å². The molecule has 1 aliphatic heterocycles. The number of piperazine rings is 1. The summed E-state index contributed by atoms with van der Waals surface area (Å²) in [5.74, 6) is 0.0466. The van der Waals surface area contributed by atoms with E-state index in [9.17, 15) is 4.79 Å². The SMILES string of the molecule is Cc1nc(N2CCN(C)CC2)sc1C(=O)N(C)C. The molecule has 0 unspecified atom stereocenters. The van der Waals surface area contributed by atoms with E-state index >= 15 is 0 Å². The molecule has 6 heteroatoms. The lowest BCUT2D eigenvalue weighted by molar-refractivity contribution is 0.0831. The van der Waals surface area contributed by atoms with Crippen molar-refractivity contribution in [3.05, 3.63) is 10.6 Å². The zero-order chi connectivity index (χ0) is 13.3. The van der Waals surface area contributed by atoms with Crippen LogP contribution in [-0.2, 0) is 0 Å². The summed E-state index contributed by atoms with van der Waals surface area (Å²) in [6, 6.07) is 0. The summed E-state index contributed by atoms with van der Waals surface area (Å²) < 4.78 is 0. The average molecular weight is 268 g/mol. The molecule has 1 aromatic rings. The monoisotopic (exact) mass is 268 g/mol. The number of nitrogens with zero attached hydrogens (tertiary/aromatic N) is 4. The molecule has 1 saturated heterocycles. The number of rotatable bonds is 2. The second-order valence-corrected chi connectivity index (χ2v) is 5.88. The fourth-order valence-electron chi connectivity index (χ4n) is 1.92. The maximum absolute atomic E-state index is 12.0. The first-order valence-electron chi connectivity index (χ1n) is 6.11. The van der Waals surface area contributed by atoms with Crippen LogP contribution < -0.4 is 4.90 Å². The number of carbonyl (C=O) groups excluding carboxylic acids is 1. The van der Waals surface area contributed by atoms with Crippen LogP contribution in [0, 0.1) is 6.92 Å². The highest BCUT2D eigenvalue weighted by molar-refractivity contribution is 7.17. The quantitative estimate of drug-likeness (QED) is 0.799. The molecule has 2 rings (SSSR count). The molecule has 0 bridgehead atoms. The van der Waals surface area contributed by atoms with E-state index in [4.69, 9.17) is 0 Å². The van der Waals surface area contributed by atoms with Gasteiger partial charge in [-0.05, 0) is 14.0 Å². The van der Waals surface area contributed by atoms with Crippen molar-refractivity contribution in [3.63, 3.8) is 0 Å². The van der Waals surface area contributed by atoms with E-state index in [0.29, 0.717) is 0 Å². The molecule has 0 aliphatic carbocycles. The standard InChI is InChI=1S/C12H20N4OS/c1-9-10(11(17)14(2)3)18-12(13-9)16-7-5-15(4)6-8-16/h5-8H2,1-4H3. The molecule has 0 aromatic carbocycles. The Morgan fingerprint density at radius 3 is 2.44 bits per heavy atom. The van der Waals surface area contributed by atoms with Crippen LogP contribution in [-0.4, -0.2) is 68.0 Å². The van der Waals surface area contributed by atoms with Crippen LogP contribution in [0.1, 0.15) is 15.4 Å². The van der Waals surface area contributed by atoms with E-state index in [-0.39, 0.29) is 5.91 Å². The van der Waals surface area contributed by atoms with Gasteiger partial charge in [-0.15, -0.1) is 0 Å². The second kappa shape index (κ2) is 5.24. The summed E-state index contributed by atoms with van der Waals surface area (Å²) in [7, 11) is 5.68. The third kappa shape index (κ3) is 2.64. The van der Waals surface area contributed by atoms with Crippen LogP contribution in [0.25, 0.3) is 0 Å². The van der Waals surface area contributed by atoms with Crippen molar-refractivity contribution in [3.8, 4) is 0 Å². The summed E-state index contributed by atoms with van der Waals surface area (Å²) >= 11 is 1.51. The first kappa shape index (κ1) is 13.3. The molecule has 1 aliphatic rings. The Kier molecular flexibility index (Phi) is 3.87. The van der Waals surface area contributed by atoms with Gasteiger partial charge in [-0.2, -0.15) is 0 Å². The number of likely N-dealkylation sites (N-methyl/N-ethyl adjacent to an activating group) is 1. The minimum atomic E-state index is 0.0466. The fourth-order valence-corrected chi connectivity index (χ4v) is 3.06. The van der Waals surface area contributed by atoms with Crippen molar-refractivity contribution in [2.75, 3.05) is 52.2 Å². The van der Waals surface area contributed by atoms with Crippen molar-refractivity contribution in [1.29, 1.82) is 0 Å². The van der Waals surface area contributed by atoms with Crippen LogP contribution in [0.5, 0.6) is 0 Å². The Morgan fingerprint density at radius 1 is 1.28 bits per heavy atom. The van der Waals surface area contributed by atoms with Crippen molar-refractivity contribution < 1.29 is 4.79 Å². The molecule has 0 saturated carbocycles. The van der Waals surface area contributed by atoms with Gasteiger partial charge in [-0.3, -0.25) is 4.79 Å². The van der Waals surface area contributed by atoms with Gasteiger partial charge in [0.25, 0.3) is 5.91 Å². The number of anilines is 1. The number of carbonyl (C=O) groups is 1. The Bertz CT molecular complexity index is 435. The van der Waals surface area contributed by atoms with Crippen molar-refractivity contribution in [1.82, 2.24) is 14.8 Å². The molecule has 0 radical (unpaired) electrons. The van der Waals surface area contributed by atoms with Crippen LogP contribution in [0.4, 0.5) is 5.13 Å². The average Bonchev–Trinajstić information content (AvgIpc) is 2.71. The third-order valence-electron chi connectivity index (χ3n) is 3.16. The van der Waals surface area contributed by atoms with Crippen LogP contribution >= 0.6 is 11.3 Å². The first-order valence-corrected chi connectivity index (χ1v) is 6.93. The molecule has 5 nitrogen and oxygen atoms in total. The van der Waals surface area contributed by atoms with Crippen molar-refractivity contribution >= 4 is 22.4 Å². The van der Waals surface area contributed by atoms with Crippen LogP contribution in [0.15, 0.2) is 0 Å². The maximum Gasteiger partial charge on any atom is 0.265 e. The highest BCUT2D eigenvalue weighted by atomic mass is 32.1. The van der Waals surface area contributed by atoms with E-state index in [0.717, 1.165) is 41.9 Å². The summed E-state index contributed by atoms with van der Waals surface area (Å²) in [6.45, 7) is 5.98. The predicted octanol–water partition coefficient (Wildman–Crippen LogP) is 0.905. The number of hydrogen-bond acceptors (Lipinski definition) is 5. The van der Waals surface area contributed by atoms with E-state index in [2.05, 4.69) is 21.8 Å². The van der Waals surface area contributed by atoms with E-state index < -0.39 is 0 Å². The van der Waals surface area contributed by atoms with Crippen molar-refractivity contribution in [2.45, 2.75) is 6.92 Å². The lowest BCUT2D eigenvalue weighted by Crippen LogP contribution is -2.44. The number of hydrogen-bond donors (Lipinski definition) is 0. The maximum atomic E-state index is 12.0. The van der Waals surface area contributed by atoms with Gasteiger partial charge in [-0.1, -0.05) is 11.3 Å². The smallest absolute Gasteiger partial charge is 0.265 e. The van der Waals surface area contributed by atoms with E-state index in [1.54, 1.807) is 19.0 Å². The number of thiazole rings is 1. The van der Waals surface area contributed by atoms with Gasteiger partial charge in [0.2, 0.25) is 0 Å². The molecular weight excluding hydrogens is 248 g/mol. The predicted molar refractivity (Wildman–Crippen MR) is 74.6 cm³/mol. The Hall–Kier alpha value is -1.14. The molecule has 0 atom stereocenters. The minimum absolute atomic E-state index is 0.0466. The molecule has 1 amide bonds. The first-order chi connectivity index (χ1) is 8.49. The third-order valence-corrected chi connectivity index (χ3v) is 4.37. The molecular formula is C12H20N4OS. The molecule has 1 aromatic heterocycles. The number of amides is 1. The minimum Gasteiger partial charge on any atom is -0.346 e. The Balaban J connectivity index is 2.16. The zero-order valence-electron chi connectivity index (χ0n) is 11.4. The van der Waals surface area contributed by atoms with Gasteiger partial charge in [0.1, 0.15) is 4.88 Å². The highest BCUT2D eigenvalue weighted by Crippen LogP contribution is 2.27. The molecule has 18 heavy (non-hydrogen) atoms. The molecule has 1 fully saturated rings. The van der Waals surface area contributed by atoms with Gasteiger partial charge in [-0.25, -0.2) is 4.98 Å². The summed E-state index contributed by atoms with van der Waals surface area (Å²) in [5.41, 5.74) is 0.840. The summed E-state index contributed by atoms with van der Waals surface area (Å²) in [4.78, 5) is 23.5. The highest BCUT2D eigenvalue weighted by Gasteiger charge is 2.22. The Morgan fingerprint density at radius 2 is 1.89 bits per heavy atom. The van der Waals surface area contributed by atoms with Crippen LogP contribution in [0.3, 0.4) is 0 Å². The fraction of sp³-hybridized carbons (Fsp3) is 0.667. The van der Waals surface area contributed by atoms with Crippen molar-refractivity contribution in [2.24, 2.45) is 0 Å². The number of aromatic nitrogens is 1. The van der Waals surface area contributed by atoms with Gasteiger partial charge in [0, 0.05) is 40.3 Å². The number of aryl methyl sites for hydroxylation is 1. The second-order valence-electron chi connectivity index (χ2n) is 4.90. The van der Waals surface area contributed by atoms with Crippen LogP contribution in [0.2, 0.25) is 0 Å². The van der Waals surface area contributed by atoms with E-state index in [1.807, 2.05) is 6.92 Å². The topological polar surface area (TPSA) is 39.7 Å². The van der Waals surface area contributed by atoms with Gasteiger partial charge >= 0.3 is 0 Å². The lowest BCUT2D eigenvalue weighted by Gasteiger charge is -2.32. The largest absolute Gasteiger partial charge is 0.346 e.